The van der Waals surface area contributed by atoms with Crippen LogP contribution in [0.1, 0.15) is 58.4 Å². The Morgan fingerprint density at radius 1 is 1.03 bits per heavy atom. The van der Waals surface area contributed by atoms with Crippen molar-refractivity contribution in [3.8, 4) is 0 Å². The lowest BCUT2D eigenvalue weighted by Crippen LogP contribution is -2.25. The minimum Gasteiger partial charge on any atom is -0.456 e. The third-order valence-electron chi connectivity index (χ3n) is 7.08. The molecule has 0 radical (unpaired) electrons. The molecule has 2 aromatic carbocycles. The second-order valence-corrected chi connectivity index (χ2v) is 9.14. The number of aryl methyl sites for hydroxylation is 1. The number of benzene rings is 2. The average Bonchev–Trinajstić information content (AvgIpc) is 3.57. The zero-order valence-electron chi connectivity index (χ0n) is 18.7. The number of nitrogens with zero attached hydrogens (tertiary/aromatic N) is 3. The Kier molecular flexibility index (Phi) is 5.26. The number of aliphatic hydroxyl groups is 1. The number of fused-ring (bicyclic) bond motifs is 2. The summed E-state index contributed by atoms with van der Waals surface area (Å²) in [4.78, 5) is 17.0. The molecule has 7 nitrogen and oxygen atoms in total. The highest BCUT2D eigenvalue weighted by molar-refractivity contribution is 5.89. The number of nitrogens with one attached hydrogen (secondary N) is 1. The molecule has 2 aliphatic carbocycles. The molecule has 1 unspecified atom stereocenters. The van der Waals surface area contributed by atoms with Gasteiger partial charge in [-0.3, -0.25) is 0 Å². The van der Waals surface area contributed by atoms with Crippen molar-refractivity contribution >= 4 is 17.3 Å². The molecule has 7 heteroatoms. The lowest BCUT2D eigenvalue weighted by atomic mass is 10.0. The summed E-state index contributed by atoms with van der Waals surface area (Å²) in [5.74, 6) is 0.422. The molecule has 0 aliphatic heterocycles. The topological polar surface area (TPSA) is 88.8 Å². The Morgan fingerprint density at radius 2 is 1.85 bits per heavy atom. The van der Waals surface area contributed by atoms with Gasteiger partial charge in [0, 0.05) is 11.6 Å². The van der Waals surface area contributed by atoms with Gasteiger partial charge in [0.2, 0.25) is 0 Å². The molecule has 34 heavy (non-hydrogen) atoms. The van der Waals surface area contributed by atoms with E-state index in [9.17, 15) is 9.90 Å². The molecule has 0 bridgehead atoms. The van der Waals surface area contributed by atoms with E-state index in [1.54, 1.807) is 30.6 Å². The average molecular weight is 455 g/mol. The van der Waals surface area contributed by atoms with E-state index in [1.165, 1.54) is 11.1 Å². The zero-order chi connectivity index (χ0) is 23.1. The van der Waals surface area contributed by atoms with Crippen LogP contribution >= 0.6 is 0 Å². The maximum atomic E-state index is 12.5. The molecule has 2 heterocycles. The summed E-state index contributed by atoms with van der Waals surface area (Å²) in [6.45, 7) is 0. The number of aromatic nitrogens is 3. The smallest absolute Gasteiger partial charge is 0.338 e. The first-order valence-corrected chi connectivity index (χ1v) is 11.8. The first-order valence-electron chi connectivity index (χ1n) is 11.8. The van der Waals surface area contributed by atoms with E-state index in [-0.39, 0.29) is 12.0 Å². The summed E-state index contributed by atoms with van der Waals surface area (Å²) in [6, 6.07) is 21.7. The van der Waals surface area contributed by atoms with E-state index in [2.05, 4.69) is 39.7 Å². The summed E-state index contributed by atoms with van der Waals surface area (Å²) >= 11 is 0. The molecular formula is C27H26N4O3. The molecular weight excluding hydrogens is 428 g/mol. The van der Waals surface area contributed by atoms with Crippen molar-refractivity contribution in [1.82, 2.24) is 14.6 Å². The summed E-state index contributed by atoms with van der Waals surface area (Å²) < 4.78 is 7.55. The molecule has 2 aromatic heterocycles. The number of ether oxygens (including phenoxy) is 1. The van der Waals surface area contributed by atoms with Crippen molar-refractivity contribution in [3.05, 3.63) is 95.4 Å². The van der Waals surface area contributed by atoms with Crippen molar-refractivity contribution in [3.63, 3.8) is 0 Å². The van der Waals surface area contributed by atoms with Gasteiger partial charge < -0.3 is 15.2 Å². The number of hydrogen-bond donors (Lipinski definition) is 2. The van der Waals surface area contributed by atoms with Crippen molar-refractivity contribution in [2.24, 2.45) is 0 Å². The van der Waals surface area contributed by atoms with E-state index >= 15 is 0 Å². The van der Waals surface area contributed by atoms with Crippen molar-refractivity contribution in [2.75, 3.05) is 5.32 Å². The lowest BCUT2D eigenvalue weighted by Gasteiger charge is -2.16. The van der Waals surface area contributed by atoms with Crippen LogP contribution in [0.2, 0.25) is 0 Å². The number of hydrogen-bond acceptors (Lipinski definition) is 6. The highest BCUT2D eigenvalue weighted by Gasteiger charge is 2.38. The molecule has 0 amide bonds. The van der Waals surface area contributed by atoms with Crippen LogP contribution in [-0.2, 0) is 11.2 Å². The van der Waals surface area contributed by atoms with E-state index in [4.69, 9.17) is 4.74 Å². The van der Waals surface area contributed by atoms with Gasteiger partial charge >= 0.3 is 5.97 Å². The Labute approximate surface area is 197 Å². The highest BCUT2D eigenvalue weighted by Crippen LogP contribution is 2.39. The van der Waals surface area contributed by atoms with E-state index in [0.717, 1.165) is 29.9 Å². The number of carbonyl (C=O) groups excluding carboxylic acids is 1. The Morgan fingerprint density at radius 3 is 2.74 bits per heavy atom. The molecule has 172 valence electrons. The normalized spacial score (nSPS) is 23.7. The predicted molar refractivity (Wildman–Crippen MR) is 128 cm³/mol. The molecule has 0 spiro atoms. The van der Waals surface area contributed by atoms with Crippen molar-refractivity contribution in [2.45, 2.75) is 49.9 Å². The summed E-state index contributed by atoms with van der Waals surface area (Å²) in [7, 11) is 0. The van der Waals surface area contributed by atoms with Gasteiger partial charge in [-0.25, -0.2) is 14.3 Å². The number of carbonyl (C=O) groups is 1. The first-order chi connectivity index (χ1) is 16.7. The molecule has 4 atom stereocenters. The van der Waals surface area contributed by atoms with Crippen LogP contribution < -0.4 is 5.32 Å². The number of aliphatic hydroxyl groups excluding tert-OH is 1. The van der Waals surface area contributed by atoms with Crippen LogP contribution in [0.4, 0.5) is 5.82 Å². The fourth-order valence-electron chi connectivity index (χ4n) is 5.37. The Hall–Kier alpha value is -3.71. The van der Waals surface area contributed by atoms with E-state index in [1.807, 2.05) is 22.7 Å². The maximum absolute atomic E-state index is 12.5. The van der Waals surface area contributed by atoms with Gasteiger partial charge in [0.15, 0.2) is 5.82 Å². The van der Waals surface area contributed by atoms with Crippen molar-refractivity contribution in [1.29, 1.82) is 0 Å². The van der Waals surface area contributed by atoms with Crippen molar-refractivity contribution < 1.29 is 14.6 Å². The monoisotopic (exact) mass is 454 g/mol. The third-order valence-corrected chi connectivity index (χ3v) is 7.08. The van der Waals surface area contributed by atoms with Gasteiger partial charge in [-0.1, -0.05) is 42.5 Å². The SMILES string of the molecule is O=C(O[C@H]1C[C@H](c2ccc3c(N[C@H]4CCc5ccccc54)ncnn23)CC1O)c1ccccc1. The predicted octanol–water partition coefficient (Wildman–Crippen LogP) is 4.29. The first kappa shape index (κ1) is 20.9. The van der Waals surface area contributed by atoms with Gasteiger partial charge in [-0.15, -0.1) is 0 Å². The summed E-state index contributed by atoms with van der Waals surface area (Å²) in [5.41, 5.74) is 5.10. The Bertz CT molecular complexity index is 1340. The fraction of sp³-hybridized carbons (Fsp3) is 0.296. The zero-order valence-corrected chi connectivity index (χ0v) is 18.7. The minimum atomic E-state index is -0.711. The van der Waals surface area contributed by atoms with E-state index < -0.39 is 18.2 Å². The van der Waals surface area contributed by atoms with Gasteiger partial charge in [-0.05, 0) is 61.1 Å². The molecule has 0 saturated heterocycles. The largest absolute Gasteiger partial charge is 0.456 e. The quantitative estimate of drug-likeness (QED) is 0.437. The van der Waals surface area contributed by atoms with Gasteiger partial charge in [0.05, 0.1) is 17.7 Å². The standard InChI is InChI=1S/C27H26N4O3/c32-24-14-19(15-25(24)34-27(33)18-7-2-1-3-8-18)22-12-13-23-26(28-16-29-31(22)23)30-21-11-10-17-6-4-5-9-20(17)21/h1-9,12-13,16,19,21,24-25,32H,10-11,14-15H2,(H,28,29,30)/t19-,21+,24?,25+/m1/s1. The second-order valence-electron chi connectivity index (χ2n) is 9.14. The summed E-state index contributed by atoms with van der Waals surface area (Å²) in [6.07, 6.45) is 3.47. The van der Waals surface area contributed by atoms with Crippen LogP contribution in [0, 0.1) is 0 Å². The van der Waals surface area contributed by atoms with Crippen LogP contribution in [0.15, 0.2) is 73.1 Å². The molecule has 1 saturated carbocycles. The highest BCUT2D eigenvalue weighted by atomic mass is 16.6. The third kappa shape index (κ3) is 3.72. The lowest BCUT2D eigenvalue weighted by molar-refractivity contribution is -0.00487. The molecule has 6 rings (SSSR count). The fourth-order valence-corrected chi connectivity index (χ4v) is 5.37. The van der Waals surface area contributed by atoms with Crippen LogP contribution in [0.25, 0.3) is 5.52 Å². The molecule has 4 aromatic rings. The van der Waals surface area contributed by atoms with Crippen LogP contribution in [0.3, 0.4) is 0 Å². The molecule has 2 N–H and O–H groups in total. The second kappa shape index (κ2) is 8.57. The minimum absolute atomic E-state index is 0.0287. The summed E-state index contributed by atoms with van der Waals surface area (Å²) in [5, 5.41) is 18.7. The maximum Gasteiger partial charge on any atom is 0.338 e. The molecule has 2 aliphatic rings. The number of rotatable bonds is 5. The van der Waals surface area contributed by atoms with Gasteiger partial charge in [0.1, 0.15) is 17.9 Å². The molecule has 1 fully saturated rings. The van der Waals surface area contributed by atoms with Crippen LogP contribution in [0.5, 0.6) is 0 Å². The number of esters is 1. The number of anilines is 1. The van der Waals surface area contributed by atoms with Gasteiger partial charge in [-0.2, -0.15) is 5.10 Å². The Balaban J connectivity index is 1.21. The van der Waals surface area contributed by atoms with Gasteiger partial charge in [0.25, 0.3) is 0 Å². The van der Waals surface area contributed by atoms with E-state index in [0.29, 0.717) is 18.4 Å². The van der Waals surface area contributed by atoms with Crippen LogP contribution in [-0.4, -0.2) is 37.9 Å².